The van der Waals surface area contributed by atoms with Crippen molar-refractivity contribution in [1.29, 1.82) is 0 Å². The summed E-state index contributed by atoms with van der Waals surface area (Å²) in [7, 11) is 1.72. The Morgan fingerprint density at radius 3 is 2.33 bits per heavy atom. The van der Waals surface area contributed by atoms with E-state index < -0.39 is 17.2 Å². The van der Waals surface area contributed by atoms with Crippen LogP contribution in [0.25, 0.3) is 11.5 Å². The van der Waals surface area contributed by atoms with Gasteiger partial charge in [-0.15, -0.1) is 24.0 Å². The van der Waals surface area contributed by atoms with Crippen LogP contribution in [0.15, 0.2) is 33.8 Å². The van der Waals surface area contributed by atoms with Crippen molar-refractivity contribution in [2.45, 2.75) is 65.5 Å². The van der Waals surface area contributed by atoms with Crippen LogP contribution in [0.4, 0.5) is 4.79 Å². The maximum absolute atomic E-state index is 12.0. The van der Waals surface area contributed by atoms with E-state index in [0.29, 0.717) is 30.8 Å². The van der Waals surface area contributed by atoms with Crippen molar-refractivity contribution in [3.8, 4) is 11.5 Å². The maximum Gasteiger partial charge on any atom is 0.408 e. The van der Waals surface area contributed by atoms with Gasteiger partial charge in [0.15, 0.2) is 11.8 Å². The number of carbonyl (C=O) groups excluding carboxylic acids is 1. The van der Waals surface area contributed by atoms with Crippen molar-refractivity contribution >= 4 is 36.0 Å². The molecule has 3 N–H and O–H groups in total. The number of carbonyl (C=O) groups is 1. The number of aromatic nitrogens is 2. The lowest BCUT2D eigenvalue weighted by Gasteiger charge is -2.29. The van der Waals surface area contributed by atoms with Crippen molar-refractivity contribution < 1.29 is 14.1 Å². The van der Waals surface area contributed by atoms with Gasteiger partial charge in [0.25, 0.3) is 5.89 Å². The predicted octanol–water partition coefficient (Wildman–Crippen LogP) is 3.93. The number of amides is 1. The molecule has 1 amide bonds. The monoisotopic (exact) mass is 572 g/mol. The first-order valence-corrected chi connectivity index (χ1v) is 10.9. The zero-order chi connectivity index (χ0) is 23.8. The van der Waals surface area contributed by atoms with E-state index in [-0.39, 0.29) is 24.0 Å². The Labute approximate surface area is 213 Å². The zero-order valence-corrected chi connectivity index (χ0v) is 22.9. The molecule has 1 aromatic heterocycles. The van der Waals surface area contributed by atoms with Crippen LogP contribution in [-0.4, -0.2) is 53.5 Å². The third kappa shape index (κ3) is 10.4. The number of nitrogens with one attached hydrogen (secondary N) is 3. The van der Waals surface area contributed by atoms with Crippen LogP contribution in [0.3, 0.4) is 0 Å². The van der Waals surface area contributed by atoms with Crippen molar-refractivity contribution in [3.63, 3.8) is 0 Å². The molecule has 2 aromatic rings. The summed E-state index contributed by atoms with van der Waals surface area (Å²) in [5.41, 5.74) is 1.04. The summed E-state index contributed by atoms with van der Waals surface area (Å²) < 4.78 is 10.6. The molecule has 33 heavy (non-hydrogen) atoms. The Bertz CT molecular complexity index is 904. The Kier molecular flexibility index (Phi) is 11.1. The van der Waals surface area contributed by atoms with E-state index in [9.17, 15) is 4.79 Å². The molecule has 0 aliphatic heterocycles. The van der Waals surface area contributed by atoms with E-state index in [2.05, 4.69) is 43.2 Å². The van der Waals surface area contributed by atoms with Crippen LogP contribution in [-0.2, 0) is 17.6 Å². The van der Waals surface area contributed by atoms with Gasteiger partial charge in [-0.05, 0) is 58.7 Å². The molecule has 2 rings (SSSR count). The lowest BCUT2D eigenvalue weighted by Crippen LogP contribution is -2.54. The molecule has 1 aromatic carbocycles. The predicted molar refractivity (Wildman–Crippen MR) is 141 cm³/mol. The second kappa shape index (κ2) is 12.8. The highest BCUT2D eigenvalue weighted by Gasteiger charge is 2.24. The quantitative estimate of drug-likeness (QED) is 0.250. The molecule has 0 bridgehead atoms. The van der Waals surface area contributed by atoms with Crippen molar-refractivity contribution in [2.24, 2.45) is 4.99 Å². The van der Waals surface area contributed by atoms with Crippen LogP contribution >= 0.6 is 24.0 Å². The van der Waals surface area contributed by atoms with Crippen molar-refractivity contribution in [1.82, 2.24) is 26.1 Å². The van der Waals surface area contributed by atoms with Crippen LogP contribution in [0, 0.1) is 0 Å². The zero-order valence-electron chi connectivity index (χ0n) is 20.6. The normalized spacial score (nSPS) is 12.0. The molecular weight excluding hydrogens is 535 g/mol. The second-order valence-electron chi connectivity index (χ2n) is 9.18. The average molecular weight is 572 g/mol. The fourth-order valence-corrected chi connectivity index (χ4v) is 2.80. The van der Waals surface area contributed by atoms with E-state index in [1.54, 1.807) is 7.05 Å². The Hall–Kier alpha value is -2.37. The lowest BCUT2D eigenvalue weighted by atomic mass is 10.1. The van der Waals surface area contributed by atoms with E-state index in [1.807, 2.05) is 53.7 Å². The molecule has 1 heterocycles. The van der Waals surface area contributed by atoms with Gasteiger partial charge in [0.1, 0.15) is 5.60 Å². The molecule has 0 saturated carbocycles. The molecule has 0 unspecified atom stereocenters. The molecule has 0 spiro atoms. The Morgan fingerprint density at radius 1 is 1.12 bits per heavy atom. The van der Waals surface area contributed by atoms with Crippen molar-refractivity contribution in [2.75, 3.05) is 20.1 Å². The van der Waals surface area contributed by atoms with Gasteiger partial charge < -0.3 is 25.2 Å². The number of benzene rings is 1. The smallest absolute Gasteiger partial charge is 0.408 e. The number of guanidine groups is 1. The van der Waals surface area contributed by atoms with Gasteiger partial charge in [-0.2, -0.15) is 4.98 Å². The molecular formula is C23H37IN6O3. The third-order valence-corrected chi connectivity index (χ3v) is 4.45. The Morgan fingerprint density at radius 2 is 1.79 bits per heavy atom. The van der Waals surface area contributed by atoms with Gasteiger partial charge in [-0.3, -0.25) is 4.99 Å². The van der Waals surface area contributed by atoms with Crippen LogP contribution in [0.1, 0.15) is 52.9 Å². The number of aryl methyl sites for hydroxylation is 1. The number of rotatable bonds is 8. The highest BCUT2D eigenvalue weighted by molar-refractivity contribution is 14.0. The molecule has 0 aliphatic carbocycles. The number of alkyl carbamates (subject to hydrolysis) is 1. The minimum atomic E-state index is -0.535. The van der Waals surface area contributed by atoms with E-state index in [1.165, 1.54) is 5.56 Å². The summed E-state index contributed by atoms with van der Waals surface area (Å²) in [5, 5.41) is 13.3. The standard InChI is InChI=1S/C23H36N6O3.HI/c1-8-18-27-19(32-29-18)17-11-9-16(10-12-17)13-14-25-20(24-7)26-15-23(5,6)28-21(30)31-22(2,3)4;/h9-12H,8,13-15H2,1-7H3,(H,28,30)(H2,24,25,26);1H. The molecule has 0 radical (unpaired) electrons. The van der Waals surface area contributed by atoms with Gasteiger partial charge in [-0.25, -0.2) is 4.79 Å². The summed E-state index contributed by atoms with van der Waals surface area (Å²) in [6.45, 7) is 12.5. The number of ether oxygens (including phenoxy) is 1. The molecule has 0 aliphatic rings. The van der Waals surface area contributed by atoms with Gasteiger partial charge in [0, 0.05) is 32.1 Å². The minimum absolute atomic E-state index is 0. The van der Waals surface area contributed by atoms with Crippen molar-refractivity contribution in [3.05, 3.63) is 35.7 Å². The molecule has 0 fully saturated rings. The lowest BCUT2D eigenvalue weighted by molar-refractivity contribution is 0.0474. The first-order valence-electron chi connectivity index (χ1n) is 10.9. The summed E-state index contributed by atoms with van der Waals surface area (Å²) in [5.74, 6) is 1.91. The molecule has 0 atom stereocenters. The summed E-state index contributed by atoms with van der Waals surface area (Å²) in [6.07, 6.45) is 1.13. The topological polar surface area (TPSA) is 114 Å². The average Bonchev–Trinajstić information content (AvgIpc) is 3.18. The molecule has 10 heteroatoms. The Balaban J connectivity index is 0.00000544. The van der Waals surface area contributed by atoms with Gasteiger partial charge >= 0.3 is 6.09 Å². The van der Waals surface area contributed by atoms with Gasteiger partial charge in [-0.1, -0.05) is 24.2 Å². The second-order valence-corrected chi connectivity index (χ2v) is 9.18. The molecule has 9 nitrogen and oxygen atoms in total. The highest BCUT2D eigenvalue weighted by atomic mass is 127. The molecule has 184 valence electrons. The van der Waals surface area contributed by atoms with Crippen LogP contribution in [0.2, 0.25) is 0 Å². The fraction of sp³-hybridized carbons (Fsp3) is 0.565. The third-order valence-electron chi connectivity index (χ3n) is 4.45. The minimum Gasteiger partial charge on any atom is -0.444 e. The number of nitrogens with zero attached hydrogens (tertiary/aromatic N) is 3. The highest BCUT2D eigenvalue weighted by Crippen LogP contribution is 2.18. The first-order chi connectivity index (χ1) is 15.0. The van der Waals surface area contributed by atoms with E-state index in [4.69, 9.17) is 9.26 Å². The molecule has 0 saturated heterocycles. The SMILES string of the molecule is CCc1noc(-c2ccc(CCNC(=NC)NCC(C)(C)NC(=O)OC(C)(C)C)cc2)n1.I. The fourth-order valence-electron chi connectivity index (χ4n) is 2.80. The summed E-state index contributed by atoms with van der Waals surface area (Å²) in [6, 6.07) is 8.08. The van der Waals surface area contributed by atoms with Gasteiger partial charge in [0.05, 0.1) is 5.54 Å². The number of hydrogen-bond acceptors (Lipinski definition) is 6. The van der Waals surface area contributed by atoms with Crippen LogP contribution < -0.4 is 16.0 Å². The van der Waals surface area contributed by atoms with Crippen LogP contribution in [0.5, 0.6) is 0 Å². The van der Waals surface area contributed by atoms with E-state index >= 15 is 0 Å². The number of aliphatic imine (C=N–C) groups is 1. The summed E-state index contributed by atoms with van der Waals surface area (Å²) in [4.78, 5) is 20.6. The number of halogens is 1. The number of hydrogen-bond donors (Lipinski definition) is 3. The largest absolute Gasteiger partial charge is 0.444 e. The first kappa shape index (κ1) is 28.7. The summed E-state index contributed by atoms with van der Waals surface area (Å²) >= 11 is 0. The maximum atomic E-state index is 12.0. The van der Waals surface area contributed by atoms with Gasteiger partial charge in [0.2, 0.25) is 0 Å². The van der Waals surface area contributed by atoms with E-state index in [0.717, 1.165) is 18.4 Å².